The van der Waals surface area contributed by atoms with Crippen LogP contribution in [0.4, 0.5) is 0 Å². The van der Waals surface area contributed by atoms with Crippen LogP contribution >= 0.6 is 0 Å². The van der Waals surface area contributed by atoms with Crippen LogP contribution in [0.2, 0.25) is 0 Å². The second-order valence-electron chi connectivity index (χ2n) is 4.65. The molecule has 0 amide bonds. The monoisotopic (exact) mass is 193 g/mol. The SMILES string of the molecule is CNC1(c2ccn(CC(C)C)n2)CC1. The van der Waals surface area contributed by atoms with Gasteiger partial charge < -0.3 is 5.32 Å². The lowest BCUT2D eigenvalue weighted by molar-refractivity contribution is 0.467. The Morgan fingerprint density at radius 1 is 1.57 bits per heavy atom. The smallest absolute Gasteiger partial charge is 0.0825 e. The quantitative estimate of drug-likeness (QED) is 0.789. The molecular formula is C11H19N3. The second kappa shape index (κ2) is 3.39. The topological polar surface area (TPSA) is 29.9 Å². The molecule has 0 aromatic carbocycles. The van der Waals surface area contributed by atoms with Crippen LogP contribution in [0.3, 0.4) is 0 Å². The first-order valence-electron chi connectivity index (χ1n) is 5.39. The maximum Gasteiger partial charge on any atom is 0.0825 e. The van der Waals surface area contributed by atoms with Crippen molar-refractivity contribution in [3.8, 4) is 0 Å². The van der Waals surface area contributed by atoms with Gasteiger partial charge in [0.1, 0.15) is 0 Å². The molecule has 1 heterocycles. The molecule has 0 aliphatic heterocycles. The third-order valence-corrected chi connectivity index (χ3v) is 2.91. The van der Waals surface area contributed by atoms with Crippen LogP contribution in [-0.2, 0) is 12.1 Å². The summed E-state index contributed by atoms with van der Waals surface area (Å²) in [7, 11) is 2.02. The first kappa shape index (κ1) is 9.71. The van der Waals surface area contributed by atoms with Gasteiger partial charge in [-0.25, -0.2) is 0 Å². The third kappa shape index (κ3) is 1.69. The highest BCUT2D eigenvalue weighted by Crippen LogP contribution is 2.43. The molecule has 0 saturated heterocycles. The Balaban J connectivity index is 2.10. The first-order chi connectivity index (χ1) is 6.66. The molecule has 1 fully saturated rings. The maximum absolute atomic E-state index is 4.61. The van der Waals surface area contributed by atoms with Crippen molar-refractivity contribution in [3.63, 3.8) is 0 Å². The zero-order chi connectivity index (χ0) is 10.2. The van der Waals surface area contributed by atoms with E-state index in [4.69, 9.17) is 0 Å². The fraction of sp³-hybridized carbons (Fsp3) is 0.727. The van der Waals surface area contributed by atoms with Gasteiger partial charge in [0.2, 0.25) is 0 Å². The van der Waals surface area contributed by atoms with E-state index < -0.39 is 0 Å². The summed E-state index contributed by atoms with van der Waals surface area (Å²) in [4.78, 5) is 0. The first-order valence-corrected chi connectivity index (χ1v) is 5.39. The average molecular weight is 193 g/mol. The summed E-state index contributed by atoms with van der Waals surface area (Å²) >= 11 is 0. The summed E-state index contributed by atoms with van der Waals surface area (Å²) in [5, 5.41) is 7.97. The molecule has 14 heavy (non-hydrogen) atoms. The van der Waals surface area contributed by atoms with Gasteiger partial charge in [-0.05, 0) is 31.9 Å². The summed E-state index contributed by atoms with van der Waals surface area (Å²) < 4.78 is 2.05. The van der Waals surface area contributed by atoms with Gasteiger partial charge in [-0.15, -0.1) is 0 Å². The summed E-state index contributed by atoms with van der Waals surface area (Å²) in [6, 6.07) is 2.14. The van der Waals surface area contributed by atoms with E-state index >= 15 is 0 Å². The zero-order valence-corrected chi connectivity index (χ0v) is 9.25. The molecule has 1 N–H and O–H groups in total. The van der Waals surface area contributed by atoms with Crippen LogP contribution in [0.5, 0.6) is 0 Å². The van der Waals surface area contributed by atoms with E-state index in [1.165, 1.54) is 18.5 Å². The van der Waals surface area contributed by atoms with Gasteiger partial charge in [-0.3, -0.25) is 4.68 Å². The van der Waals surface area contributed by atoms with Crippen LogP contribution in [0.15, 0.2) is 12.3 Å². The number of aromatic nitrogens is 2. The molecule has 3 nitrogen and oxygen atoms in total. The molecule has 1 aliphatic carbocycles. The van der Waals surface area contributed by atoms with E-state index in [1.807, 2.05) is 7.05 Å². The fourth-order valence-electron chi connectivity index (χ4n) is 1.85. The fourth-order valence-corrected chi connectivity index (χ4v) is 1.85. The van der Waals surface area contributed by atoms with Crippen molar-refractivity contribution in [1.82, 2.24) is 15.1 Å². The van der Waals surface area contributed by atoms with Crippen LogP contribution in [0.1, 0.15) is 32.4 Å². The summed E-state index contributed by atoms with van der Waals surface area (Å²) in [5.41, 5.74) is 1.42. The molecule has 1 aromatic heterocycles. The maximum atomic E-state index is 4.61. The highest BCUT2D eigenvalue weighted by molar-refractivity contribution is 5.21. The van der Waals surface area contributed by atoms with Crippen molar-refractivity contribution in [2.75, 3.05) is 7.05 Å². The number of nitrogens with zero attached hydrogens (tertiary/aromatic N) is 2. The normalized spacial score (nSPS) is 18.9. The molecule has 0 radical (unpaired) electrons. The summed E-state index contributed by atoms with van der Waals surface area (Å²) in [5.74, 6) is 0.660. The van der Waals surface area contributed by atoms with Gasteiger partial charge in [-0.1, -0.05) is 13.8 Å². The largest absolute Gasteiger partial charge is 0.309 e. The predicted octanol–water partition coefficient (Wildman–Crippen LogP) is 1.75. The molecule has 0 spiro atoms. The van der Waals surface area contributed by atoms with E-state index in [-0.39, 0.29) is 5.54 Å². The lowest BCUT2D eigenvalue weighted by Gasteiger charge is -2.10. The van der Waals surface area contributed by atoms with Gasteiger partial charge in [0.05, 0.1) is 11.2 Å². The molecule has 3 heteroatoms. The van der Waals surface area contributed by atoms with Crippen LogP contribution in [-0.4, -0.2) is 16.8 Å². The Hall–Kier alpha value is -0.830. The van der Waals surface area contributed by atoms with Gasteiger partial charge in [-0.2, -0.15) is 5.10 Å². The minimum absolute atomic E-state index is 0.211. The number of hydrogen-bond donors (Lipinski definition) is 1. The predicted molar refractivity (Wildman–Crippen MR) is 57.0 cm³/mol. The van der Waals surface area contributed by atoms with Crippen LogP contribution in [0.25, 0.3) is 0 Å². The third-order valence-electron chi connectivity index (χ3n) is 2.91. The average Bonchev–Trinajstić information content (AvgIpc) is 2.81. The summed E-state index contributed by atoms with van der Waals surface area (Å²) in [6.07, 6.45) is 4.54. The van der Waals surface area contributed by atoms with Crippen molar-refractivity contribution in [3.05, 3.63) is 18.0 Å². The zero-order valence-electron chi connectivity index (χ0n) is 9.25. The standard InChI is InChI=1S/C11H19N3/c1-9(2)8-14-7-4-10(13-14)11(12-3)5-6-11/h4,7,9,12H,5-6,8H2,1-3H3. The highest BCUT2D eigenvalue weighted by atomic mass is 15.3. The van der Waals surface area contributed by atoms with E-state index in [9.17, 15) is 0 Å². The van der Waals surface area contributed by atoms with E-state index in [1.54, 1.807) is 0 Å². The van der Waals surface area contributed by atoms with E-state index in [0.29, 0.717) is 5.92 Å². The number of nitrogens with one attached hydrogen (secondary N) is 1. The highest BCUT2D eigenvalue weighted by Gasteiger charge is 2.44. The van der Waals surface area contributed by atoms with Gasteiger partial charge >= 0.3 is 0 Å². The molecular weight excluding hydrogens is 174 g/mol. The Labute approximate surface area is 85.5 Å². The number of rotatable bonds is 4. The lowest BCUT2D eigenvalue weighted by atomic mass is 10.2. The van der Waals surface area contributed by atoms with Gasteiger partial charge in [0, 0.05) is 12.7 Å². The Kier molecular flexibility index (Phi) is 2.35. The minimum Gasteiger partial charge on any atom is -0.309 e. The van der Waals surface area contributed by atoms with Gasteiger partial charge in [0.25, 0.3) is 0 Å². The molecule has 0 bridgehead atoms. The molecule has 1 aliphatic rings. The van der Waals surface area contributed by atoms with Crippen LogP contribution < -0.4 is 5.32 Å². The van der Waals surface area contributed by atoms with Crippen molar-refractivity contribution in [2.24, 2.45) is 5.92 Å². The van der Waals surface area contributed by atoms with Crippen molar-refractivity contribution < 1.29 is 0 Å². The molecule has 2 rings (SSSR count). The van der Waals surface area contributed by atoms with Crippen molar-refractivity contribution >= 4 is 0 Å². The Morgan fingerprint density at radius 3 is 2.79 bits per heavy atom. The van der Waals surface area contributed by atoms with Gasteiger partial charge in [0.15, 0.2) is 0 Å². The molecule has 1 aromatic rings. The van der Waals surface area contributed by atoms with E-state index in [2.05, 4.69) is 41.2 Å². The second-order valence-corrected chi connectivity index (χ2v) is 4.65. The minimum atomic E-state index is 0.211. The van der Waals surface area contributed by atoms with Crippen LogP contribution in [0, 0.1) is 5.92 Å². The molecule has 0 unspecified atom stereocenters. The lowest BCUT2D eigenvalue weighted by Crippen LogP contribution is -2.25. The number of hydrogen-bond acceptors (Lipinski definition) is 2. The Bertz CT molecular complexity index is 310. The van der Waals surface area contributed by atoms with Crippen molar-refractivity contribution in [2.45, 2.75) is 38.8 Å². The Morgan fingerprint density at radius 2 is 2.29 bits per heavy atom. The molecule has 0 atom stereocenters. The molecule has 78 valence electrons. The summed E-state index contributed by atoms with van der Waals surface area (Å²) in [6.45, 7) is 5.44. The molecule has 1 saturated carbocycles. The van der Waals surface area contributed by atoms with Crippen molar-refractivity contribution in [1.29, 1.82) is 0 Å². The van der Waals surface area contributed by atoms with E-state index in [0.717, 1.165) is 6.54 Å².